The molecule has 0 amide bonds. The highest BCUT2D eigenvalue weighted by Gasteiger charge is 1.97. The van der Waals surface area contributed by atoms with Crippen LogP contribution in [0.5, 0.6) is 0 Å². The Balaban J connectivity index is 2.79. The first-order valence-electron chi connectivity index (χ1n) is 3.94. The average molecular weight is 175 g/mol. The monoisotopic (exact) mass is 175 g/mol. The maximum atomic E-state index is 4.34. The molecule has 1 unspecified atom stereocenters. The van der Waals surface area contributed by atoms with Crippen molar-refractivity contribution in [2.24, 2.45) is 0 Å². The van der Waals surface area contributed by atoms with Crippen LogP contribution < -0.4 is 0 Å². The van der Waals surface area contributed by atoms with Crippen LogP contribution in [0.25, 0.3) is 10.9 Å². The number of rotatable bonds is 1. The summed E-state index contributed by atoms with van der Waals surface area (Å²) < 4.78 is 0. The van der Waals surface area contributed by atoms with E-state index < -0.39 is 0 Å². The Morgan fingerprint density at radius 3 is 2.83 bits per heavy atom. The third kappa shape index (κ3) is 1.21. The zero-order valence-electron chi connectivity index (χ0n) is 6.70. The predicted molar refractivity (Wildman–Crippen MR) is 55.2 cm³/mol. The Hall–Kier alpha value is -0.940. The van der Waals surface area contributed by atoms with Crippen LogP contribution in [0.2, 0.25) is 0 Å². The van der Waals surface area contributed by atoms with Gasteiger partial charge in [-0.3, -0.25) is 4.98 Å². The quantitative estimate of drug-likeness (QED) is 0.607. The van der Waals surface area contributed by atoms with Gasteiger partial charge in [0.05, 0.1) is 5.52 Å². The van der Waals surface area contributed by atoms with E-state index >= 15 is 0 Å². The van der Waals surface area contributed by atoms with E-state index in [0.29, 0.717) is 0 Å². The van der Waals surface area contributed by atoms with E-state index in [1.807, 2.05) is 12.3 Å². The molecule has 2 aromatic rings. The van der Waals surface area contributed by atoms with Gasteiger partial charge in [-0.2, -0.15) is 0 Å². The molecule has 0 N–H and O–H groups in total. The normalized spacial score (nSPS) is 10.4. The fourth-order valence-corrected chi connectivity index (χ4v) is 1.66. The van der Waals surface area contributed by atoms with Crippen molar-refractivity contribution in [2.75, 3.05) is 0 Å². The van der Waals surface area contributed by atoms with E-state index in [2.05, 4.69) is 38.5 Å². The zero-order valence-corrected chi connectivity index (χ0v) is 7.85. The van der Waals surface area contributed by atoms with Gasteiger partial charge in [-0.05, 0) is 17.8 Å². The first-order chi connectivity index (χ1) is 5.92. The number of aromatic nitrogens is 1. The molecule has 1 nitrogen and oxygen atoms in total. The van der Waals surface area contributed by atoms with Crippen LogP contribution in [-0.2, 0) is 6.16 Å². The first kappa shape index (κ1) is 7.70. The lowest BCUT2D eigenvalue weighted by atomic mass is 10.1. The van der Waals surface area contributed by atoms with Crippen LogP contribution in [0.4, 0.5) is 0 Å². The Bertz CT molecular complexity index is 392. The Morgan fingerprint density at radius 2 is 2.00 bits per heavy atom. The van der Waals surface area contributed by atoms with Gasteiger partial charge in [0.15, 0.2) is 0 Å². The summed E-state index contributed by atoms with van der Waals surface area (Å²) in [6.45, 7) is 0. The summed E-state index contributed by atoms with van der Waals surface area (Å²) in [7, 11) is 2.73. The second-order valence-electron chi connectivity index (χ2n) is 2.70. The lowest BCUT2D eigenvalue weighted by Crippen LogP contribution is -1.83. The van der Waals surface area contributed by atoms with Crippen molar-refractivity contribution in [1.82, 2.24) is 4.98 Å². The van der Waals surface area contributed by atoms with Gasteiger partial charge in [-0.15, -0.1) is 9.24 Å². The van der Waals surface area contributed by atoms with E-state index in [-0.39, 0.29) is 0 Å². The third-order valence-corrected chi connectivity index (χ3v) is 2.38. The first-order valence-corrected chi connectivity index (χ1v) is 4.76. The van der Waals surface area contributed by atoms with E-state index in [0.717, 1.165) is 11.7 Å². The van der Waals surface area contributed by atoms with Crippen molar-refractivity contribution in [1.29, 1.82) is 0 Å². The predicted octanol–water partition coefficient (Wildman–Crippen LogP) is 2.61. The standard InChI is InChI=1S/C10H10NP/c12-7-9-4-1-3-8-5-2-6-11-10(8)9/h1-6H,7,12H2. The van der Waals surface area contributed by atoms with Gasteiger partial charge in [-0.25, -0.2) is 0 Å². The summed E-state index contributed by atoms with van der Waals surface area (Å²) in [5.41, 5.74) is 2.41. The average Bonchev–Trinajstić information content (AvgIpc) is 2.17. The third-order valence-electron chi connectivity index (χ3n) is 1.94. The summed E-state index contributed by atoms with van der Waals surface area (Å²) in [5, 5.41) is 1.22. The molecule has 0 saturated carbocycles. The van der Waals surface area contributed by atoms with E-state index in [1.165, 1.54) is 10.9 Å². The number of benzene rings is 1. The molecule has 0 fully saturated rings. The molecule has 12 heavy (non-hydrogen) atoms. The van der Waals surface area contributed by atoms with Gasteiger partial charge < -0.3 is 0 Å². The Labute approximate surface area is 74.0 Å². The largest absolute Gasteiger partial charge is 0.256 e. The Morgan fingerprint density at radius 1 is 1.17 bits per heavy atom. The Kier molecular flexibility index (Phi) is 2.05. The maximum absolute atomic E-state index is 4.34. The molecular weight excluding hydrogens is 165 g/mol. The van der Waals surface area contributed by atoms with Crippen molar-refractivity contribution < 1.29 is 0 Å². The van der Waals surface area contributed by atoms with Gasteiger partial charge >= 0.3 is 0 Å². The molecule has 0 aliphatic rings. The van der Waals surface area contributed by atoms with Crippen LogP contribution in [0.15, 0.2) is 36.5 Å². The zero-order chi connectivity index (χ0) is 8.39. The summed E-state index contributed by atoms with van der Waals surface area (Å²) in [4.78, 5) is 4.34. The van der Waals surface area contributed by atoms with Crippen LogP contribution in [-0.4, -0.2) is 4.98 Å². The van der Waals surface area contributed by atoms with Gasteiger partial charge in [-0.1, -0.05) is 24.3 Å². The maximum Gasteiger partial charge on any atom is 0.0737 e. The highest BCUT2D eigenvalue weighted by Crippen LogP contribution is 2.17. The van der Waals surface area contributed by atoms with Crippen molar-refractivity contribution in [3.63, 3.8) is 0 Å². The molecule has 0 saturated heterocycles. The number of para-hydroxylation sites is 1. The number of fused-ring (bicyclic) bond motifs is 1. The number of pyridine rings is 1. The summed E-state index contributed by atoms with van der Waals surface area (Å²) >= 11 is 0. The molecule has 1 atom stereocenters. The van der Waals surface area contributed by atoms with Crippen molar-refractivity contribution >= 4 is 20.1 Å². The van der Waals surface area contributed by atoms with Crippen molar-refractivity contribution in [3.05, 3.63) is 42.1 Å². The minimum absolute atomic E-state index is 0.967. The van der Waals surface area contributed by atoms with Gasteiger partial charge in [0.2, 0.25) is 0 Å². The summed E-state index contributed by atoms with van der Waals surface area (Å²) in [6, 6.07) is 10.3. The fourth-order valence-electron chi connectivity index (χ4n) is 1.33. The lowest BCUT2D eigenvalue weighted by molar-refractivity contribution is 1.35. The lowest BCUT2D eigenvalue weighted by Gasteiger charge is -2.00. The van der Waals surface area contributed by atoms with Crippen LogP contribution in [0, 0.1) is 0 Å². The minimum atomic E-state index is 0.967. The SMILES string of the molecule is PCc1cccc2cccnc12. The van der Waals surface area contributed by atoms with E-state index in [4.69, 9.17) is 0 Å². The molecular formula is C10H10NP. The highest BCUT2D eigenvalue weighted by molar-refractivity contribution is 7.15. The molecule has 0 bridgehead atoms. The molecule has 1 aromatic heterocycles. The molecule has 2 rings (SSSR count). The topological polar surface area (TPSA) is 12.9 Å². The molecule has 2 heteroatoms. The molecule has 0 aliphatic carbocycles. The minimum Gasteiger partial charge on any atom is -0.256 e. The van der Waals surface area contributed by atoms with E-state index in [9.17, 15) is 0 Å². The molecule has 1 heterocycles. The number of hydrogen-bond donors (Lipinski definition) is 0. The van der Waals surface area contributed by atoms with Crippen LogP contribution in [0.1, 0.15) is 5.56 Å². The number of nitrogens with zero attached hydrogens (tertiary/aromatic N) is 1. The van der Waals surface area contributed by atoms with Crippen LogP contribution >= 0.6 is 9.24 Å². The molecule has 1 aromatic carbocycles. The smallest absolute Gasteiger partial charge is 0.0737 e. The molecule has 60 valence electrons. The highest BCUT2D eigenvalue weighted by atomic mass is 31.0. The fraction of sp³-hybridized carbons (Fsp3) is 0.100. The second-order valence-corrected chi connectivity index (χ2v) is 3.10. The summed E-state index contributed by atoms with van der Waals surface area (Å²) in [5.74, 6) is 0. The van der Waals surface area contributed by atoms with Crippen LogP contribution in [0.3, 0.4) is 0 Å². The van der Waals surface area contributed by atoms with Crippen molar-refractivity contribution in [2.45, 2.75) is 6.16 Å². The molecule has 0 spiro atoms. The van der Waals surface area contributed by atoms with Gasteiger partial charge in [0, 0.05) is 11.6 Å². The summed E-state index contributed by atoms with van der Waals surface area (Å²) in [6.07, 6.45) is 2.81. The van der Waals surface area contributed by atoms with E-state index in [1.54, 1.807) is 0 Å². The molecule has 0 radical (unpaired) electrons. The second kappa shape index (κ2) is 3.20. The number of hydrogen-bond acceptors (Lipinski definition) is 1. The van der Waals surface area contributed by atoms with Crippen molar-refractivity contribution in [3.8, 4) is 0 Å². The van der Waals surface area contributed by atoms with Gasteiger partial charge in [0.1, 0.15) is 0 Å². The molecule has 0 aliphatic heterocycles. The van der Waals surface area contributed by atoms with Gasteiger partial charge in [0.25, 0.3) is 0 Å².